The normalized spacial score (nSPS) is 10.1. The van der Waals surface area contributed by atoms with E-state index in [1.165, 1.54) is 30.3 Å². The fourth-order valence-electron chi connectivity index (χ4n) is 1.40. The van der Waals surface area contributed by atoms with Gasteiger partial charge in [0.15, 0.2) is 0 Å². The van der Waals surface area contributed by atoms with Gasteiger partial charge in [-0.25, -0.2) is 14.2 Å². The van der Waals surface area contributed by atoms with Gasteiger partial charge in [0.05, 0.1) is 0 Å². The van der Waals surface area contributed by atoms with Crippen LogP contribution in [0.1, 0.15) is 0 Å². The Balaban J connectivity index is 2.05. The topological polar surface area (TPSA) is 54.0 Å². The van der Waals surface area contributed by atoms with Gasteiger partial charge in [-0.3, -0.25) is 0 Å². The van der Waals surface area contributed by atoms with E-state index >= 15 is 0 Å². The number of carbonyl (C=O) groups is 1. The Morgan fingerprint density at radius 2 is 1.68 bits per heavy atom. The van der Waals surface area contributed by atoms with Crippen molar-refractivity contribution in [2.45, 2.75) is 0 Å². The molecule has 2 rings (SSSR count). The molecule has 0 saturated carbocycles. The Morgan fingerprint density at radius 1 is 1.05 bits per heavy atom. The van der Waals surface area contributed by atoms with Crippen molar-refractivity contribution in [3.05, 3.63) is 52.5 Å². The Morgan fingerprint density at radius 3 is 2.32 bits per heavy atom. The summed E-state index contributed by atoms with van der Waals surface area (Å²) in [7, 11) is 0. The molecule has 1 aromatic carbocycles. The third kappa shape index (κ3) is 4.08. The second-order valence-corrected chi connectivity index (χ2v) is 4.37. The van der Waals surface area contributed by atoms with Gasteiger partial charge in [0, 0.05) is 11.4 Å². The third-order valence-corrected chi connectivity index (χ3v) is 2.49. The minimum Gasteiger partial charge on any atom is -0.308 e. The van der Waals surface area contributed by atoms with E-state index in [1.807, 2.05) is 0 Å². The molecule has 0 radical (unpaired) electrons. The molecule has 19 heavy (non-hydrogen) atoms. The molecular formula is C12H8Cl2FN3O. The summed E-state index contributed by atoms with van der Waals surface area (Å²) in [6, 6.07) is 7.89. The molecule has 1 heterocycles. The molecule has 4 nitrogen and oxygen atoms in total. The van der Waals surface area contributed by atoms with Crippen LogP contribution >= 0.6 is 23.2 Å². The Labute approximate surface area is 118 Å². The molecule has 2 N–H and O–H groups in total. The molecule has 0 atom stereocenters. The summed E-state index contributed by atoms with van der Waals surface area (Å²) < 4.78 is 12.9. The second-order valence-electron chi connectivity index (χ2n) is 3.59. The molecule has 0 spiro atoms. The summed E-state index contributed by atoms with van der Waals surface area (Å²) in [4.78, 5) is 15.4. The predicted molar refractivity (Wildman–Crippen MR) is 73.3 cm³/mol. The number of carbonyl (C=O) groups excluding carboxylic acids is 1. The van der Waals surface area contributed by atoms with Crippen molar-refractivity contribution in [2.24, 2.45) is 0 Å². The van der Waals surface area contributed by atoms with Crippen LogP contribution in [0.15, 0.2) is 36.4 Å². The number of rotatable bonds is 2. The number of hydrogen-bond donors (Lipinski definition) is 2. The van der Waals surface area contributed by atoms with Crippen molar-refractivity contribution >= 4 is 40.6 Å². The monoisotopic (exact) mass is 299 g/mol. The Kier molecular flexibility index (Phi) is 4.19. The fourth-order valence-corrected chi connectivity index (χ4v) is 1.86. The highest BCUT2D eigenvalue weighted by Crippen LogP contribution is 2.19. The zero-order chi connectivity index (χ0) is 13.8. The van der Waals surface area contributed by atoms with E-state index in [4.69, 9.17) is 23.2 Å². The van der Waals surface area contributed by atoms with Gasteiger partial charge >= 0.3 is 6.03 Å². The molecule has 0 bridgehead atoms. The number of nitrogens with zero attached hydrogens (tertiary/aromatic N) is 1. The molecule has 7 heteroatoms. The van der Waals surface area contributed by atoms with Crippen LogP contribution in [0.5, 0.6) is 0 Å². The maximum Gasteiger partial charge on any atom is 0.323 e. The van der Waals surface area contributed by atoms with Crippen molar-refractivity contribution in [2.75, 3.05) is 10.6 Å². The first-order valence-corrected chi connectivity index (χ1v) is 5.95. The lowest BCUT2D eigenvalue weighted by atomic mass is 10.3. The summed E-state index contributed by atoms with van der Waals surface area (Å²) >= 11 is 11.4. The van der Waals surface area contributed by atoms with Gasteiger partial charge in [-0.05, 0) is 30.3 Å². The van der Waals surface area contributed by atoms with Crippen LogP contribution in [0.3, 0.4) is 0 Å². The van der Waals surface area contributed by atoms with E-state index in [0.717, 1.165) is 0 Å². The van der Waals surface area contributed by atoms with Crippen LogP contribution in [-0.4, -0.2) is 11.0 Å². The fraction of sp³-hybridized carbons (Fsp3) is 0. The van der Waals surface area contributed by atoms with Crippen LogP contribution < -0.4 is 10.6 Å². The average Bonchev–Trinajstić information content (AvgIpc) is 2.26. The zero-order valence-electron chi connectivity index (χ0n) is 9.45. The number of urea groups is 1. The lowest BCUT2D eigenvalue weighted by Crippen LogP contribution is -2.19. The molecule has 2 amide bonds. The van der Waals surface area contributed by atoms with E-state index in [0.29, 0.717) is 11.4 Å². The van der Waals surface area contributed by atoms with E-state index < -0.39 is 11.8 Å². The van der Waals surface area contributed by atoms with Crippen molar-refractivity contribution in [3.63, 3.8) is 0 Å². The van der Waals surface area contributed by atoms with Crippen LogP contribution in [0.25, 0.3) is 0 Å². The summed E-state index contributed by atoms with van der Waals surface area (Å²) in [6.45, 7) is 0. The summed E-state index contributed by atoms with van der Waals surface area (Å²) in [6.07, 6.45) is 0. The van der Waals surface area contributed by atoms with Gasteiger partial charge in [0.25, 0.3) is 0 Å². The largest absolute Gasteiger partial charge is 0.323 e. The van der Waals surface area contributed by atoms with Gasteiger partial charge in [-0.1, -0.05) is 29.3 Å². The van der Waals surface area contributed by atoms with Gasteiger partial charge in [0.2, 0.25) is 0 Å². The lowest BCUT2D eigenvalue weighted by Gasteiger charge is -2.08. The minimum atomic E-state index is -0.538. The molecule has 1 aromatic heterocycles. The van der Waals surface area contributed by atoms with Crippen LogP contribution in [0.4, 0.5) is 20.6 Å². The van der Waals surface area contributed by atoms with E-state index in [-0.39, 0.29) is 10.3 Å². The maximum absolute atomic E-state index is 12.9. The van der Waals surface area contributed by atoms with Crippen molar-refractivity contribution in [1.82, 2.24) is 4.98 Å². The van der Waals surface area contributed by atoms with Crippen LogP contribution in [-0.2, 0) is 0 Å². The number of anilines is 2. The molecule has 0 saturated heterocycles. The maximum atomic E-state index is 12.9. The van der Waals surface area contributed by atoms with Crippen LogP contribution in [0, 0.1) is 5.82 Å². The number of pyridine rings is 1. The number of nitrogens with one attached hydrogen (secondary N) is 2. The molecule has 0 aliphatic rings. The quantitative estimate of drug-likeness (QED) is 0.818. The molecule has 0 aliphatic heterocycles. The number of benzene rings is 1. The molecule has 0 unspecified atom stereocenters. The van der Waals surface area contributed by atoms with Crippen molar-refractivity contribution in [1.29, 1.82) is 0 Å². The third-order valence-electron chi connectivity index (χ3n) is 2.10. The molecule has 2 aromatic rings. The second kappa shape index (κ2) is 5.86. The smallest absolute Gasteiger partial charge is 0.308 e. The molecule has 0 fully saturated rings. The summed E-state index contributed by atoms with van der Waals surface area (Å²) in [5.74, 6) is -0.437. The number of hydrogen-bond acceptors (Lipinski definition) is 2. The Bertz CT molecular complexity index is 601. The average molecular weight is 300 g/mol. The number of halogens is 3. The standard InChI is InChI=1S/C12H8Cl2FN3O/c13-10-5-9(6-11(14)18-10)17-12(19)16-8-3-1-2-7(15)4-8/h1-6H,(H2,16,17,18,19). The SMILES string of the molecule is O=C(Nc1cccc(F)c1)Nc1cc(Cl)nc(Cl)c1. The predicted octanol–water partition coefficient (Wildman–Crippen LogP) is 4.17. The van der Waals surface area contributed by atoms with E-state index in [2.05, 4.69) is 15.6 Å². The Hall–Kier alpha value is -1.85. The van der Waals surface area contributed by atoms with Gasteiger partial charge in [-0.2, -0.15) is 0 Å². The van der Waals surface area contributed by atoms with Gasteiger partial charge in [-0.15, -0.1) is 0 Å². The minimum absolute atomic E-state index is 0.161. The summed E-state index contributed by atoms with van der Waals surface area (Å²) in [5.41, 5.74) is 0.725. The van der Waals surface area contributed by atoms with Crippen molar-refractivity contribution < 1.29 is 9.18 Å². The number of amides is 2. The first-order chi connectivity index (χ1) is 9.02. The number of aromatic nitrogens is 1. The first-order valence-electron chi connectivity index (χ1n) is 5.19. The van der Waals surface area contributed by atoms with E-state index in [1.54, 1.807) is 6.07 Å². The highest BCUT2D eigenvalue weighted by atomic mass is 35.5. The first kappa shape index (κ1) is 13.6. The van der Waals surface area contributed by atoms with Crippen LogP contribution in [0.2, 0.25) is 10.3 Å². The summed E-state index contributed by atoms with van der Waals surface area (Å²) in [5, 5.41) is 5.31. The molecular weight excluding hydrogens is 292 g/mol. The van der Waals surface area contributed by atoms with Gasteiger partial charge in [0.1, 0.15) is 16.1 Å². The van der Waals surface area contributed by atoms with Gasteiger partial charge < -0.3 is 10.6 Å². The molecule has 98 valence electrons. The van der Waals surface area contributed by atoms with Crippen molar-refractivity contribution in [3.8, 4) is 0 Å². The highest BCUT2D eigenvalue weighted by molar-refractivity contribution is 6.33. The zero-order valence-corrected chi connectivity index (χ0v) is 11.0. The van der Waals surface area contributed by atoms with E-state index in [9.17, 15) is 9.18 Å². The molecule has 0 aliphatic carbocycles. The highest BCUT2D eigenvalue weighted by Gasteiger charge is 2.05. The lowest BCUT2D eigenvalue weighted by molar-refractivity contribution is 0.262.